The Hall–Kier alpha value is -3.29. The molecule has 2 rings (SSSR count). The van der Waals surface area contributed by atoms with Crippen molar-refractivity contribution in [2.45, 2.75) is 20.8 Å². The lowest BCUT2D eigenvalue weighted by Crippen LogP contribution is -2.18. The number of hydrogen-bond donors (Lipinski definition) is 1. The Balaban J connectivity index is 2.16. The summed E-state index contributed by atoms with van der Waals surface area (Å²) < 4.78 is 20.4. The smallest absolute Gasteiger partial charge is 0.340 e. The number of methoxy groups -OCH3 is 2. The van der Waals surface area contributed by atoms with Crippen LogP contribution in [0.3, 0.4) is 0 Å². The lowest BCUT2D eigenvalue weighted by Gasteiger charge is -2.10. The predicted octanol–water partition coefficient (Wildman–Crippen LogP) is 2.87. The summed E-state index contributed by atoms with van der Waals surface area (Å²) in [6.07, 6.45) is 0. The quantitative estimate of drug-likeness (QED) is 0.547. The van der Waals surface area contributed by atoms with E-state index in [9.17, 15) is 14.4 Å². The maximum absolute atomic E-state index is 12.6. The van der Waals surface area contributed by atoms with Crippen molar-refractivity contribution in [3.8, 4) is 11.5 Å². The fourth-order valence-electron chi connectivity index (χ4n) is 2.84. The minimum atomic E-state index is -0.697. The first kappa shape index (κ1) is 21.0. The Morgan fingerprint density at radius 1 is 0.893 bits per heavy atom. The first-order valence-corrected chi connectivity index (χ1v) is 8.62. The van der Waals surface area contributed by atoms with E-state index in [1.165, 1.54) is 26.4 Å². The van der Waals surface area contributed by atoms with E-state index in [1.807, 2.05) is 0 Å². The minimum Gasteiger partial charge on any atom is -0.493 e. The monoisotopic (exact) mass is 389 g/mol. The largest absolute Gasteiger partial charge is 0.493 e. The van der Waals surface area contributed by atoms with Crippen molar-refractivity contribution < 1.29 is 33.3 Å². The second-order valence-corrected chi connectivity index (χ2v) is 5.91. The van der Waals surface area contributed by atoms with Crippen LogP contribution in [0.1, 0.15) is 49.4 Å². The third kappa shape index (κ3) is 4.33. The van der Waals surface area contributed by atoms with Gasteiger partial charge in [0.25, 0.3) is 0 Å². The molecule has 1 heterocycles. The van der Waals surface area contributed by atoms with Crippen LogP contribution in [0.15, 0.2) is 18.2 Å². The molecule has 0 saturated heterocycles. The lowest BCUT2D eigenvalue weighted by atomic mass is 10.1. The molecule has 0 atom stereocenters. The van der Waals surface area contributed by atoms with Crippen molar-refractivity contribution in [1.29, 1.82) is 0 Å². The highest BCUT2D eigenvalue weighted by Crippen LogP contribution is 2.28. The SMILES string of the molecule is CCOC(=O)c1c(C)[nH]c(C)c1C(=O)COC(=O)c1ccc(OC)c(OC)c1. The number of esters is 2. The molecular formula is C20H23NO7. The van der Waals surface area contributed by atoms with Gasteiger partial charge in [-0.3, -0.25) is 4.79 Å². The number of Topliss-reactive ketones (excluding diaryl/α,β-unsaturated/α-hetero) is 1. The number of carbonyl (C=O) groups excluding carboxylic acids is 3. The number of aromatic amines is 1. The molecular weight excluding hydrogens is 366 g/mol. The predicted molar refractivity (Wildman–Crippen MR) is 100 cm³/mol. The fourth-order valence-corrected chi connectivity index (χ4v) is 2.84. The highest BCUT2D eigenvalue weighted by atomic mass is 16.5. The number of aryl methyl sites for hydroxylation is 2. The molecule has 0 amide bonds. The molecule has 0 bridgehead atoms. The third-order valence-corrected chi connectivity index (χ3v) is 4.09. The van der Waals surface area contributed by atoms with E-state index in [2.05, 4.69) is 4.98 Å². The molecule has 0 aliphatic rings. The number of aromatic nitrogens is 1. The highest BCUT2D eigenvalue weighted by Gasteiger charge is 2.26. The van der Waals surface area contributed by atoms with Gasteiger partial charge < -0.3 is 23.9 Å². The number of ether oxygens (including phenoxy) is 4. The molecule has 1 N–H and O–H groups in total. The van der Waals surface area contributed by atoms with Crippen LogP contribution in [0.5, 0.6) is 11.5 Å². The number of nitrogens with one attached hydrogen (secondary N) is 1. The summed E-state index contributed by atoms with van der Waals surface area (Å²) >= 11 is 0. The molecule has 150 valence electrons. The Morgan fingerprint density at radius 3 is 2.14 bits per heavy atom. The van der Waals surface area contributed by atoms with Gasteiger partial charge >= 0.3 is 11.9 Å². The summed E-state index contributed by atoms with van der Waals surface area (Å²) in [5.74, 6) is -0.966. The fraction of sp³-hybridized carbons (Fsp3) is 0.350. The number of hydrogen-bond acceptors (Lipinski definition) is 7. The average molecular weight is 389 g/mol. The van der Waals surface area contributed by atoms with Crippen molar-refractivity contribution in [3.05, 3.63) is 46.3 Å². The van der Waals surface area contributed by atoms with E-state index in [0.717, 1.165) is 0 Å². The molecule has 1 aromatic heterocycles. The molecule has 8 nitrogen and oxygen atoms in total. The van der Waals surface area contributed by atoms with Crippen LogP contribution in [0.25, 0.3) is 0 Å². The van der Waals surface area contributed by atoms with E-state index in [-0.39, 0.29) is 23.3 Å². The maximum Gasteiger partial charge on any atom is 0.340 e. The molecule has 0 aliphatic heterocycles. The van der Waals surface area contributed by atoms with Crippen LogP contribution < -0.4 is 9.47 Å². The molecule has 0 fully saturated rings. The van der Waals surface area contributed by atoms with E-state index < -0.39 is 24.3 Å². The highest BCUT2D eigenvalue weighted by molar-refractivity contribution is 6.09. The van der Waals surface area contributed by atoms with E-state index in [0.29, 0.717) is 22.9 Å². The van der Waals surface area contributed by atoms with Gasteiger partial charge in [0.1, 0.15) is 0 Å². The van der Waals surface area contributed by atoms with Gasteiger partial charge in [0.2, 0.25) is 5.78 Å². The van der Waals surface area contributed by atoms with Crippen LogP contribution in [0.2, 0.25) is 0 Å². The zero-order chi connectivity index (χ0) is 20.8. The van der Waals surface area contributed by atoms with Gasteiger partial charge in [0.05, 0.1) is 37.5 Å². The van der Waals surface area contributed by atoms with Crippen LogP contribution in [0.4, 0.5) is 0 Å². The summed E-state index contributed by atoms with van der Waals surface area (Å²) in [5.41, 5.74) is 1.55. The van der Waals surface area contributed by atoms with Gasteiger partial charge in [-0.25, -0.2) is 9.59 Å². The number of ketones is 1. The Labute approximate surface area is 162 Å². The van der Waals surface area contributed by atoms with E-state index >= 15 is 0 Å². The second kappa shape index (κ2) is 9.07. The molecule has 1 aromatic carbocycles. The zero-order valence-corrected chi connectivity index (χ0v) is 16.5. The molecule has 2 aromatic rings. The maximum atomic E-state index is 12.6. The van der Waals surface area contributed by atoms with Crippen molar-refractivity contribution in [1.82, 2.24) is 4.98 Å². The van der Waals surface area contributed by atoms with Crippen molar-refractivity contribution in [2.24, 2.45) is 0 Å². The van der Waals surface area contributed by atoms with Gasteiger partial charge in [-0.15, -0.1) is 0 Å². The zero-order valence-electron chi connectivity index (χ0n) is 16.5. The molecule has 0 aliphatic carbocycles. The second-order valence-electron chi connectivity index (χ2n) is 5.91. The third-order valence-electron chi connectivity index (χ3n) is 4.09. The standard InChI is InChI=1S/C20H23NO7/c1-6-27-20(24)18-12(3)21-11(2)17(18)14(22)10-28-19(23)13-7-8-15(25-4)16(9-13)26-5/h7-9,21H,6,10H2,1-5H3. The van der Waals surface area contributed by atoms with Crippen molar-refractivity contribution in [3.63, 3.8) is 0 Å². The number of carbonyl (C=O) groups is 3. The number of rotatable bonds is 8. The number of benzene rings is 1. The van der Waals surface area contributed by atoms with E-state index in [1.54, 1.807) is 26.8 Å². The molecule has 28 heavy (non-hydrogen) atoms. The average Bonchev–Trinajstić information content (AvgIpc) is 2.99. The molecule has 0 spiro atoms. The summed E-state index contributed by atoms with van der Waals surface area (Å²) in [6.45, 7) is 4.69. The van der Waals surface area contributed by atoms with Crippen LogP contribution in [0, 0.1) is 13.8 Å². The topological polar surface area (TPSA) is 104 Å². The first-order chi connectivity index (χ1) is 13.3. The van der Waals surface area contributed by atoms with Crippen molar-refractivity contribution in [2.75, 3.05) is 27.4 Å². The summed E-state index contributed by atoms with van der Waals surface area (Å²) in [6, 6.07) is 4.53. The van der Waals surface area contributed by atoms with Gasteiger partial charge in [0, 0.05) is 11.4 Å². The van der Waals surface area contributed by atoms with Crippen molar-refractivity contribution >= 4 is 17.7 Å². The molecule has 0 radical (unpaired) electrons. The first-order valence-electron chi connectivity index (χ1n) is 8.62. The van der Waals surface area contributed by atoms with Crippen LogP contribution >= 0.6 is 0 Å². The van der Waals surface area contributed by atoms with Gasteiger partial charge in [0.15, 0.2) is 18.1 Å². The molecule has 0 unspecified atom stereocenters. The van der Waals surface area contributed by atoms with Crippen LogP contribution in [-0.4, -0.2) is 50.1 Å². The Morgan fingerprint density at radius 2 is 1.54 bits per heavy atom. The summed E-state index contributed by atoms with van der Waals surface area (Å²) in [4.78, 5) is 40.0. The number of H-pyrrole nitrogens is 1. The van der Waals surface area contributed by atoms with Gasteiger partial charge in [-0.2, -0.15) is 0 Å². The van der Waals surface area contributed by atoms with Gasteiger partial charge in [-0.05, 0) is 39.0 Å². The molecule has 0 saturated carbocycles. The van der Waals surface area contributed by atoms with E-state index in [4.69, 9.17) is 18.9 Å². The van der Waals surface area contributed by atoms with Crippen LogP contribution in [-0.2, 0) is 9.47 Å². The lowest BCUT2D eigenvalue weighted by molar-refractivity contribution is 0.0471. The Kier molecular flexibility index (Phi) is 6.81. The van der Waals surface area contributed by atoms with Gasteiger partial charge in [-0.1, -0.05) is 0 Å². The minimum absolute atomic E-state index is 0.159. The summed E-state index contributed by atoms with van der Waals surface area (Å²) in [7, 11) is 2.93. The normalized spacial score (nSPS) is 10.3. The Bertz CT molecular complexity index is 898. The molecule has 8 heteroatoms. The summed E-state index contributed by atoms with van der Waals surface area (Å²) in [5, 5.41) is 0.